The molecule has 1 aliphatic carbocycles. The maximum atomic E-state index is 11.7. The first kappa shape index (κ1) is 12.2. The maximum absolute atomic E-state index is 11.7. The first-order chi connectivity index (χ1) is 8.06. The van der Waals surface area contributed by atoms with E-state index in [-0.39, 0.29) is 0 Å². The molecule has 92 valence electrons. The Balaban J connectivity index is 1.96. The van der Waals surface area contributed by atoms with E-state index < -0.39 is 17.9 Å². The van der Waals surface area contributed by atoms with E-state index in [1.165, 1.54) is 12.3 Å². The Hall–Kier alpha value is -1.30. The van der Waals surface area contributed by atoms with Crippen LogP contribution in [0.3, 0.4) is 0 Å². The van der Waals surface area contributed by atoms with Crippen molar-refractivity contribution in [3.8, 4) is 0 Å². The van der Waals surface area contributed by atoms with Gasteiger partial charge in [0.1, 0.15) is 12.3 Å². The van der Waals surface area contributed by atoms with Crippen molar-refractivity contribution < 1.29 is 19.1 Å². The van der Waals surface area contributed by atoms with Gasteiger partial charge in [0.2, 0.25) is 0 Å². The van der Waals surface area contributed by atoms with Crippen molar-refractivity contribution in [2.24, 2.45) is 5.92 Å². The van der Waals surface area contributed by atoms with Gasteiger partial charge in [-0.2, -0.15) is 0 Å². The standard InChI is InChI=1S/C11H12BrNO4/c12-9-4-7(5-17-9)10(14)13-8(11(15)16)3-6-1-2-6/h4-6,8H,1-3H2,(H,13,14)(H,15,16). The van der Waals surface area contributed by atoms with Crippen molar-refractivity contribution in [2.75, 3.05) is 0 Å². The van der Waals surface area contributed by atoms with Gasteiger partial charge in [0.25, 0.3) is 5.91 Å². The van der Waals surface area contributed by atoms with Gasteiger partial charge in [-0.25, -0.2) is 4.79 Å². The molecule has 0 saturated heterocycles. The van der Waals surface area contributed by atoms with Gasteiger partial charge in [0, 0.05) is 6.07 Å². The summed E-state index contributed by atoms with van der Waals surface area (Å²) in [6, 6.07) is 0.689. The number of nitrogens with one attached hydrogen (secondary N) is 1. The van der Waals surface area contributed by atoms with E-state index in [0.717, 1.165) is 12.8 Å². The van der Waals surface area contributed by atoms with Crippen LogP contribution in [0.2, 0.25) is 0 Å². The third kappa shape index (κ3) is 3.33. The molecule has 2 N–H and O–H groups in total. The number of carbonyl (C=O) groups excluding carboxylic acids is 1. The van der Waals surface area contributed by atoms with E-state index >= 15 is 0 Å². The second-order valence-electron chi connectivity index (χ2n) is 4.18. The van der Waals surface area contributed by atoms with Gasteiger partial charge in [-0.05, 0) is 28.3 Å². The number of aliphatic carboxylic acids is 1. The highest BCUT2D eigenvalue weighted by Crippen LogP contribution is 2.33. The lowest BCUT2D eigenvalue weighted by atomic mass is 10.1. The van der Waals surface area contributed by atoms with Crippen molar-refractivity contribution >= 4 is 27.8 Å². The summed E-state index contributed by atoms with van der Waals surface area (Å²) < 4.78 is 5.37. The third-order valence-electron chi connectivity index (χ3n) is 2.70. The van der Waals surface area contributed by atoms with Crippen LogP contribution in [-0.4, -0.2) is 23.0 Å². The number of amides is 1. The molecule has 0 bridgehead atoms. The first-order valence-electron chi connectivity index (χ1n) is 5.34. The topological polar surface area (TPSA) is 79.5 Å². The molecule has 0 aromatic carbocycles. The summed E-state index contributed by atoms with van der Waals surface area (Å²) in [6.07, 6.45) is 3.89. The molecule has 1 aromatic heterocycles. The zero-order valence-corrected chi connectivity index (χ0v) is 10.6. The van der Waals surface area contributed by atoms with Gasteiger partial charge in [-0.1, -0.05) is 12.8 Å². The van der Waals surface area contributed by atoms with Gasteiger partial charge in [-0.3, -0.25) is 4.79 Å². The molecule has 0 aliphatic heterocycles. The van der Waals surface area contributed by atoms with Crippen LogP contribution in [0, 0.1) is 5.92 Å². The smallest absolute Gasteiger partial charge is 0.326 e. The Morgan fingerprint density at radius 2 is 2.29 bits per heavy atom. The molecule has 1 aromatic rings. The minimum absolute atomic E-state index is 0.318. The molecule has 2 rings (SSSR count). The molecule has 5 nitrogen and oxygen atoms in total. The van der Waals surface area contributed by atoms with Gasteiger partial charge >= 0.3 is 5.97 Å². The monoisotopic (exact) mass is 301 g/mol. The molecule has 6 heteroatoms. The molecule has 1 amide bonds. The summed E-state index contributed by atoms with van der Waals surface area (Å²) >= 11 is 3.08. The fraction of sp³-hybridized carbons (Fsp3) is 0.455. The largest absolute Gasteiger partial charge is 0.480 e. The van der Waals surface area contributed by atoms with Gasteiger partial charge in [0.15, 0.2) is 4.67 Å². The average Bonchev–Trinajstić information content (AvgIpc) is 2.97. The molecule has 1 heterocycles. The Kier molecular flexibility index (Phi) is 3.51. The Labute approximate surface area is 106 Å². The van der Waals surface area contributed by atoms with Crippen molar-refractivity contribution in [3.05, 3.63) is 22.6 Å². The fourth-order valence-electron chi connectivity index (χ4n) is 1.58. The number of halogens is 1. The summed E-state index contributed by atoms with van der Waals surface area (Å²) in [4.78, 5) is 22.7. The summed E-state index contributed by atoms with van der Waals surface area (Å²) in [6.45, 7) is 0. The number of hydrogen-bond acceptors (Lipinski definition) is 3. The van der Waals surface area contributed by atoms with E-state index in [1.54, 1.807) is 0 Å². The van der Waals surface area contributed by atoms with Crippen molar-refractivity contribution in [2.45, 2.75) is 25.3 Å². The Bertz CT molecular complexity index is 438. The normalized spacial score (nSPS) is 16.5. The molecule has 1 unspecified atom stereocenters. The molecule has 1 aliphatic rings. The first-order valence-corrected chi connectivity index (χ1v) is 6.13. The highest BCUT2D eigenvalue weighted by atomic mass is 79.9. The summed E-state index contributed by atoms with van der Waals surface area (Å²) in [5.41, 5.74) is 0.318. The van der Waals surface area contributed by atoms with E-state index in [0.29, 0.717) is 22.6 Å². The van der Waals surface area contributed by atoms with Crippen molar-refractivity contribution in [1.82, 2.24) is 5.32 Å². The SMILES string of the molecule is O=C(NC(CC1CC1)C(=O)O)c1coc(Br)c1. The highest BCUT2D eigenvalue weighted by Gasteiger charge is 2.30. The average molecular weight is 302 g/mol. The number of hydrogen-bond donors (Lipinski definition) is 2. The van der Waals surface area contributed by atoms with Crippen LogP contribution in [0.4, 0.5) is 0 Å². The van der Waals surface area contributed by atoms with Crippen molar-refractivity contribution in [3.63, 3.8) is 0 Å². The zero-order valence-electron chi connectivity index (χ0n) is 8.98. The number of carbonyl (C=O) groups is 2. The zero-order chi connectivity index (χ0) is 12.4. The van der Waals surface area contributed by atoms with E-state index in [2.05, 4.69) is 21.2 Å². The van der Waals surface area contributed by atoms with Crippen LogP contribution in [0.1, 0.15) is 29.6 Å². The molecule has 1 atom stereocenters. The van der Waals surface area contributed by atoms with E-state index in [1.807, 2.05) is 0 Å². The van der Waals surface area contributed by atoms with Gasteiger partial charge < -0.3 is 14.8 Å². The van der Waals surface area contributed by atoms with Crippen LogP contribution in [0.5, 0.6) is 0 Å². The number of rotatable bonds is 5. The lowest BCUT2D eigenvalue weighted by molar-refractivity contribution is -0.139. The lowest BCUT2D eigenvalue weighted by Gasteiger charge is -2.12. The van der Waals surface area contributed by atoms with Crippen LogP contribution in [0.15, 0.2) is 21.4 Å². The van der Waals surface area contributed by atoms with Crippen LogP contribution in [0.25, 0.3) is 0 Å². The van der Waals surface area contributed by atoms with Crippen LogP contribution < -0.4 is 5.32 Å². The molecule has 0 spiro atoms. The van der Waals surface area contributed by atoms with Crippen LogP contribution in [-0.2, 0) is 4.79 Å². The summed E-state index contributed by atoms with van der Waals surface area (Å²) in [5.74, 6) is -0.979. The summed E-state index contributed by atoms with van der Waals surface area (Å²) in [5, 5.41) is 11.5. The molecular weight excluding hydrogens is 290 g/mol. The number of carboxylic acids is 1. The maximum Gasteiger partial charge on any atom is 0.326 e. The van der Waals surface area contributed by atoms with E-state index in [9.17, 15) is 9.59 Å². The second kappa shape index (κ2) is 4.91. The van der Waals surface area contributed by atoms with E-state index in [4.69, 9.17) is 9.52 Å². The molecule has 1 saturated carbocycles. The van der Waals surface area contributed by atoms with Gasteiger partial charge in [-0.15, -0.1) is 0 Å². The molecule has 1 fully saturated rings. The molecular formula is C11H12BrNO4. The highest BCUT2D eigenvalue weighted by molar-refractivity contribution is 9.10. The quantitative estimate of drug-likeness (QED) is 0.872. The third-order valence-corrected chi connectivity index (χ3v) is 3.11. The molecule has 0 radical (unpaired) electrons. The van der Waals surface area contributed by atoms with Crippen LogP contribution >= 0.6 is 15.9 Å². The predicted molar refractivity (Wildman–Crippen MR) is 62.6 cm³/mol. The van der Waals surface area contributed by atoms with Gasteiger partial charge in [0.05, 0.1) is 5.56 Å². The molecule has 17 heavy (non-hydrogen) atoms. The Morgan fingerprint density at radius 1 is 1.59 bits per heavy atom. The Morgan fingerprint density at radius 3 is 2.76 bits per heavy atom. The minimum atomic E-state index is -0.993. The summed E-state index contributed by atoms with van der Waals surface area (Å²) in [7, 11) is 0. The van der Waals surface area contributed by atoms with Crippen molar-refractivity contribution in [1.29, 1.82) is 0 Å². The lowest BCUT2D eigenvalue weighted by Crippen LogP contribution is -2.41. The second-order valence-corrected chi connectivity index (χ2v) is 4.96. The minimum Gasteiger partial charge on any atom is -0.480 e. The number of furan rings is 1. The number of carboxylic acid groups (broad SMARTS) is 1. The predicted octanol–water partition coefficient (Wildman–Crippen LogP) is 2.03. The fourth-order valence-corrected chi connectivity index (χ4v) is 1.92.